The third-order valence-electron chi connectivity index (χ3n) is 7.82. The van der Waals surface area contributed by atoms with E-state index in [9.17, 15) is 19.2 Å². The molecule has 0 aliphatic carbocycles. The van der Waals surface area contributed by atoms with E-state index >= 15 is 0 Å². The van der Waals surface area contributed by atoms with Crippen molar-refractivity contribution in [2.45, 2.75) is 110 Å². The van der Waals surface area contributed by atoms with Gasteiger partial charge in [-0.05, 0) is 70.7 Å². The summed E-state index contributed by atoms with van der Waals surface area (Å²) in [5.74, 6) is 0.954. The van der Waals surface area contributed by atoms with Crippen LogP contribution in [0.1, 0.15) is 96.0 Å². The number of unbranched alkanes of at least 4 members (excludes halogenated alkanes) is 2. The molecule has 51 heavy (non-hydrogen) atoms. The molecule has 3 aromatic carbocycles. The maximum absolute atomic E-state index is 14.9. The molecule has 9 nitrogen and oxygen atoms in total. The molecule has 3 unspecified atom stereocenters. The van der Waals surface area contributed by atoms with Crippen LogP contribution in [0, 0.1) is 12.3 Å². The maximum Gasteiger partial charge on any atom is 0.408 e. The second kappa shape index (κ2) is 18.8. The SMILES string of the molecule is C#Cc1ccccc1C(C(=O)NC(Cc1ccccc1)C(=O)OC(C)(C)C)N(CCCCC)C(=O)C(Cc1ccccc1)NC(=O)OC(C)(C)C. The van der Waals surface area contributed by atoms with Crippen LogP contribution < -0.4 is 10.6 Å². The van der Waals surface area contributed by atoms with Gasteiger partial charge in [0.2, 0.25) is 11.8 Å². The fourth-order valence-electron chi connectivity index (χ4n) is 5.58. The molecule has 3 amide bonds. The quantitative estimate of drug-likeness (QED) is 0.101. The zero-order valence-electron chi connectivity index (χ0n) is 31.0. The summed E-state index contributed by atoms with van der Waals surface area (Å²) in [5, 5.41) is 5.72. The molecule has 2 N–H and O–H groups in total. The summed E-state index contributed by atoms with van der Waals surface area (Å²) in [7, 11) is 0. The van der Waals surface area contributed by atoms with Crippen molar-refractivity contribution in [1.29, 1.82) is 0 Å². The summed E-state index contributed by atoms with van der Waals surface area (Å²) >= 11 is 0. The van der Waals surface area contributed by atoms with Crippen molar-refractivity contribution in [1.82, 2.24) is 15.5 Å². The first kappa shape index (κ1) is 40.3. The number of carbonyl (C=O) groups excluding carboxylic acids is 4. The van der Waals surface area contributed by atoms with Crippen molar-refractivity contribution in [3.05, 3.63) is 107 Å². The largest absolute Gasteiger partial charge is 0.458 e. The van der Waals surface area contributed by atoms with Gasteiger partial charge < -0.3 is 25.0 Å². The normalized spacial score (nSPS) is 13.1. The van der Waals surface area contributed by atoms with Gasteiger partial charge in [-0.25, -0.2) is 9.59 Å². The molecule has 0 fully saturated rings. The number of benzene rings is 3. The molecule has 0 aliphatic heterocycles. The van der Waals surface area contributed by atoms with Crippen LogP contribution in [-0.2, 0) is 36.7 Å². The van der Waals surface area contributed by atoms with Crippen LogP contribution in [0.3, 0.4) is 0 Å². The van der Waals surface area contributed by atoms with E-state index in [2.05, 4.69) is 16.6 Å². The highest BCUT2D eigenvalue weighted by Gasteiger charge is 2.39. The molecular weight excluding hydrogens is 642 g/mol. The van der Waals surface area contributed by atoms with Gasteiger partial charge in [0.15, 0.2) is 0 Å². The third-order valence-corrected chi connectivity index (χ3v) is 7.82. The van der Waals surface area contributed by atoms with Crippen LogP contribution in [-0.4, -0.2) is 58.6 Å². The Bertz CT molecular complexity index is 1640. The van der Waals surface area contributed by atoms with Crippen molar-refractivity contribution < 1.29 is 28.7 Å². The molecule has 0 radical (unpaired) electrons. The Balaban J connectivity index is 2.15. The van der Waals surface area contributed by atoms with Crippen molar-refractivity contribution in [2.75, 3.05) is 6.54 Å². The van der Waals surface area contributed by atoms with Crippen LogP contribution in [0.25, 0.3) is 0 Å². The number of nitrogens with zero attached hydrogens (tertiary/aromatic N) is 1. The summed E-state index contributed by atoms with van der Waals surface area (Å²) in [6, 6.07) is 22.1. The Morgan fingerprint density at radius 1 is 0.725 bits per heavy atom. The van der Waals surface area contributed by atoms with Crippen LogP contribution in [0.2, 0.25) is 0 Å². The lowest BCUT2D eigenvalue weighted by molar-refractivity contribution is -0.159. The number of alkyl carbamates (subject to hydrolysis) is 1. The second-order valence-electron chi connectivity index (χ2n) is 14.5. The Morgan fingerprint density at radius 2 is 1.25 bits per heavy atom. The summed E-state index contributed by atoms with van der Waals surface area (Å²) in [6.45, 7) is 12.7. The Hall–Kier alpha value is -5.10. The second-order valence-corrected chi connectivity index (χ2v) is 14.5. The van der Waals surface area contributed by atoms with Gasteiger partial charge in [0.1, 0.15) is 29.3 Å². The van der Waals surface area contributed by atoms with E-state index in [1.807, 2.05) is 67.6 Å². The van der Waals surface area contributed by atoms with E-state index in [1.54, 1.807) is 65.8 Å². The van der Waals surface area contributed by atoms with Gasteiger partial charge in [0.05, 0.1) is 0 Å². The van der Waals surface area contributed by atoms with Gasteiger partial charge in [-0.1, -0.05) is 105 Å². The van der Waals surface area contributed by atoms with Crippen LogP contribution in [0.5, 0.6) is 0 Å². The van der Waals surface area contributed by atoms with Gasteiger partial charge in [-0.2, -0.15) is 0 Å². The fraction of sp³-hybridized carbons (Fsp3) is 0.429. The molecule has 9 heteroatoms. The number of esters is 1. The molecule has 3 atom stereocenters. The molecule has 0 spiro atoms. The maximum atomic E-state index is 14.9. The number of hydrogen-bond donors (Lipinski definition) is 2. The van der Waals surface area contributed by atoms with E-state index in [1.165, 1.54) is 4.90 Å². The van der Waals surface area contributed by atoms with Crippen molar-refractivity contribution >= 4 is 23.9 Å². The molecular formula is C42H53N3O6. The van der Waals surface area contributed by atoms with Crippen molar-refractivity contribution in [2.24, 2.45) is 0 Å². The van der Waals surface area contributed by atoms with Gasteiger partial charge in [0.25, 0.3) is 0 Å². The van der Waals surface area contributed by atoms with Gasteiger partial charge in [-0.15, -0.1) is 6.42 Å². The summed E-state index contributed by atoms with van der Waals surface area (Å²) < 4.78 is 11.3. The molecule has 0 aliphatic rings. The highest BCUT2D eigenvalue weighted by atomic mass is 16.6. The number of terminal acetylenes is 1. The minimum Gasteiger partial charge on any atom is -0.458 e. The van der Waals surface area contributed by atoms with Crippen molar-refractivity contribution in [3.8, 4) is 12.3 Å². The summed E-state index contributed by atoms with van der Waals surface area (Å²) in [6.07, 6.45) is 7.72. The number of amides is 3. The minimum atomic E-state index is -1.25. The van der Waals surface area contributed by atoms with Crippen LogP contribution >= 0.6 is 0 Å². The van der Waals surface area contributed by atoms with Crippen LogP contribution in [0.4, 0.5) is 4.79 Å². The molecule has 3 rings (SSSR count). The molecule has 0 saturated carbocycles. The Labute approximate surface area is 303 Å². The first-order chi connectivity index (χ1) is 24.1. The average molecular weight is 696 g/mol. The minimum absolute atomic E-state index is 0.142. The average Bonchev–Trinajstić information content (AvgIpc) is 3.06. The number of ether oxygens (including phenoxy) is 2. The highest BCUT2D eigenvalue weighted by molar-refractivity contribution is 5.94. The summed E-state index contributed by atoms with van der Waals surface area (Å²) in [4.78, 5) is 57.9. The zero-order chi connectivity index (χ0) is 37.6. The van der Waals surface area contributed by atoms with Gasteiger partial charge in [-0.3, -0.25) is 9.59 Å². The van der Waals surface area contributed by atoms with E-state index in [4.69, 9.17) is 15.9 Å². The van der Waals surface area contributed by atoms with E-state index in [0.29, 0.717) is 17.5 Å². The standard InChI is InChI=1S/C42H53N3O6/c1-9-11-20-27-45(38(47)34(28-30-21-14-12-15-22-30)44-40(49)51-42(6,7)8)36(33-26-19-18-25-32(33)10-2)37(46)43-35(39(48)50-41(3,4)5)29-31-23-16-13-17-24-31/h2,12-19,21-26,34-36H,9,11,20,27-29H2,1,3-8H3,(H,43,46)(H,44,49). The monoisotopic (exact) mass is 695 g/mol. The number of carbonyl (C=O) groups is 4. The third kappa shape index (κ3) is 13.3. The Kier molecular flexibility index (Phi) is 14.8. The number of hydrogen-bond acceptors (Lipinski definition) is 6. The number of nitrogens with one attached hydrogen (secondary N) is 2. The predicted molar refractivity (Wildman–Crippen MR) is 200 cm³/mol. The van der Waals surface area contributed by atoms with E-state index in [-0.39, 0.29) is 19.4 Å². The van der Waals surface area contributed by atoms with Crippen molar-refractivity contribution in [3.63, 3.8) is 0 Å². The molecule has 0 aromatic heterocycles. The number of rotatable bonds is 15. The lowest BCUT2D eigenvalue weighted by Gasteiger charge is -2.36. The molecule has 0 bridgehead atoms. The highest BCUT2D eigenvalue weighted by Crippen LogP contribution is 2.28. The molecule has 0 heterocycles. The van der Waals surface area contributed by atoms with Gasteiger partial charge >= 0.3 is 12.1 Å². The van der Waals surface area contributed by atoms with E-state index in [0.717, 1.165) is 24.0 Å². The van der Waals surface area contributed by atoms with Crippen LogP contribution in [0.15, 0.2) is 84.9 Å². The van der Waals surface area contributed by atoms with Gasteiger partial charge in [0, 0.05) is 24.9 Å². The molecule has 0 saturated heterocycles. The lowest BCUT2D eigenvalue weighted by Crippen LogP contribution is -2.55. The fourth-order valence-corrected chi connectivity index (χ4v) is 5.58. The topological polar surface area (TPSA) is 114 Å². The Morgan fingerprint density at radius 3 is 1.78 bits per heavy atom. The first-order valence-electron chi connectivity index (χ1n) is 17.6. The summed E-state index contributed by atoms with van der Waals surface area (Å²) in [5.41, 5.74) is 0.831. The predicted octanol–water partition coefficient (Wildman–Crippen LogP) is 6.93. The zero-order valence-corrected chi connectivity index (χ0v) is 31.0. The molecule has 3 aromatic rings. The molecule has 272 valence electrons. The smallest absolute Gasteiger partial charge is 0.408 e. The lowest BCUT2D eigenvalue weighted by atomic mass is 9.95. The first-order valence-corrected chi connectivity index (χ1v) is 17.6. The van der Waals surface area contributed by atoms with E-state index < -0.39 is 53.2 Å².